The van der Waals surface area contributed by atoms with Crippen LogP contribution in [0, 0.1) is 0 Å². The number of fused-ring (bicyclic) bond motifs is 2. The Labute approximate surface area is 186 Å². The number of benzene rings is 2. The molecule has 0 aliphatic heterocycles. The molecule has 0 N–H and O–H groups in total. The quantitative estimate of drug-likeness (QED) is 0.366. The highest BCUT2D eigenvalue weighted by molar-refractivity contribution is 7.13. The van der Waals surface area contributed by atoms with Crippen LogP contribution in [-0.2, 0) is 13.2 Å². The average Bonchev–Trinajstić information content (AvgIpc) is 3.43. The van der Waals surface area contributed by atoms with Gasteiger partial charge in [0.1, 0.15) is 11.5 Å². The molecule has 0 radical (unpaired) electrons. The van der Waals surface area contributed by atoms with Crippen molar-refractivity contribution >= 4 is 33.1 Å². The van der Waals surface area contributed by atoms with Crippen LogP contribution in [0.4, 0.5) is 8.78 Å². The van der Waals surface area contributed by atoms with Crippen molar-refractivity contribution in [2.75, 3.05) is 7.05 Å². The van der Waals surface area contributed by atoms with Gasteiger partial charge in [-0.3, -0.25) is 14.3 Å². The lowest BCUT2D eigenvalue weighted by atomic mass is 10.1. The zero-order valence-corrected chi connectivity index (χ0v) is 18.0. The first-order valence-electron chi connectivity index (χ1n) is 9.99. The van der Waals surface area contributed by atoms with Crippen molar-refractivity contribution in [2.45, 2.75) is 19.8 Å². The number of imidazole rings is 1. The Kier molecular flexibility index (Phi) is 5.28. The van der Waals surface area contributed by atoms with E-state index < -0.39 is 6.55 Å². The minimum atomic E-state index is -2.71. The zero-order chi connectivity index (χ0) is 22.2. The molecule has 0 saturated heterocycles. The number of hydrogen-bond acceptors (Lipinski definition) is 5. The molecule has 3 aromatic heterocycles. The minimum absolute atomic E-state index is 0.133. The SMILES string of the molecule is CN(Cc1nc2ccccc2n1C(F)F)Cn1nc(-c2cccs2)c2ccccc2c1=O. The first-order valence-corrected chi connectivity index (χ1v) is 10.9. The van der Waals surface area contributed by atoms with E-state index in [2.05, 4.69) is 10.1 Å². The molecule has 0 spiro atoms. The molecule has 162 valence electrons. The molecule has 5 rings (SSSR count). The third-order valence-electron chi connectivity index (χ3n) is 5.27. The second-order valence-electron chi connectivity index (χ2n) is 7.50. The van der Waals surface area contributed by atoms with Crippen LogP contribution in [0.25, 0.3) is 32.4 Å². The fourth-order valence-corrected chi connectivity index (χ4v) is 4.59. The molecular weight excluding hydrogens is 432 g/mol. The van der Waals surface area contributed by atoms with E-state index in [-0.39, 0.29) is 24.6 Å². The largest absolute Gasteiger partial charge is 0.320 e. The van der Waals surface area contributed by atoms with Crippen LogP contribution in [0.1, 0.15) is 12.4 Å². The van der Waals surface area contributed by atoms with E-state index in [1.165, 1.54) is 4.68 Å². The maximum Gasteiger partial charge on any atom is 0.320 e. The molecule has 0 saturated carbocycles. The maximum absolute atomic E-state index is 13.8. The van der Waals surface area contributed by atoms with Gasteiger partial charge in [-0.2, -0.15) is 13.9 Å². The lowest BCUT2D eigenvalue weighted by molar-refractivity contribution is 0.0680. The summed E-state index contributed by atoms with van der Waals surface area (Å²) in [5.74, 6) is 0.232. The molecule has 0 atom stereocenters. The van der Waals surface area contributed by atoms with E-state index in [0.29, 0.717) is 16.4 Å². The van der Waals surface area contributed by atoms with Crippen LogP contribution in [0.5, 0.6) is 0 Å². The number of aromatic nitrogens is 4. The number of para-hydroxylation sites is 2. The van der Waals surface area contributed by atoms with Crippen molar-refractivity contribution in [2.24, 2.45) is 0 Å². The smallest absolute Gasteiger partial charge is 0.280 e. The first-order chi connectivity index (χ1) is 15.5. The summed E-state index contributed by atoms with van der Waals surface area (Å²) < 4.78 is 29.8. The average molecular weight is 452 g/mol. The maximum atomic E-state index is 13.8. The molecule has 6 nitrogen and oxygen atoms in total. The Morgan fingerprint density at radius 3 is 2.53 bits per heavy atom. The Balaban J connectivity index is 1.52. The molecule has 2 aromatic carbocycles. The van der Waals surface area contributed by atoms with Crippen molar-refractivity contribution in [3.05, 3.63) is 82.2 Å². The Morgan fingerprint density at radius 2 is 1.78 bits per heavy atom. The van der Waals surface area contributed by atoms with Crippen LogP contribution in [0.2, 0.25) is 0 Å². The van der Waals surface area contributed by atoms with E-state index in [9.17, 15) is 13.6 Å². The Morgan fingerprint density at radius 1 is 1.03 bits per heavy atom. The molecule has 0 bridgehead atoms. The first kappa shape index (κ1) is 20.5. The van der Waals surface area contributed by atoms with Gasteiger partial charge in [0.2, 0.25) is 0 Å². The zero-order valence-electron chi connectivity index (χ0n) is 17.2. The van der Waals surface area contributed by atoms with E-state index in [0.717, 1.165) is 20.5 Å². The van der Waals surface area contributed by atoms with Gasteiger partial charge >= 0.3 is 6.55 Å². The Bertz CT molecular complexity index is 1460. The van der Waals surface area contributed by atoms with Gasteiger partial charge in [-0.25, -0.2) is 9.67 Å². The van der Waals surface area contributed by atoms with Crippen molar-refractivity contribution < 1.29 is 8.78 Å². The fraction of sp³-hybridized carbons (Fsp3) is 0.174. The van der Waals surface area contributed by atoms with Crippen LogP contribution in [0.3, 0.4) is 0 Å². The molecule has 0 aliphatic rings. The third kappa shape index (κ3) is 3.59. The lowest BCUT2D eigenvalue weighted by Crippen LogP contribution is -2.32. The van der Waals surface area contributed by atoms with Gasteiger partial charge in [-0.15, -0.1) is 11.3 Å². The molecule has 0 amide bonds. The standard InChI is InChI=1S/C23H19F2N5OS/c1-28(13-20-26-17-9-4-5-10-18(17)30(20)23(24)25)14-29-22(31)16-8-3-2-7-15(16)21(27-29)19-11-6-12-32-19/h2-12,23H,13-14H2,1H3. The van der Waals surface area contributed by atoms with Gasteiger partial charge in [0, 0.05) is 5.39 Å². The van der Waals surface area contributed by atoms with E-state index in [4.69, 9.17) is 0 Å². The predicted octanol–water partition coefficient (Wildman–Crippen LogP) is 4.96. The summed E-state index contributed by atoms with van der Waals surface area (Å²) in [5.41, 5.74) is 1.39. The molecule has 0 aliphatic carbocycles. The van der Waals surface area contributed by atoms with E-state index >= 15 is 0 Å². The van der Waals surface area contributed by atoms with Gasteiger partial charge < -0.3 is 0 Å². The fourth-order valence-electron chi connectivity index (χ4n) is 3.87. The normalized spacial score (nSPS) is 11.9. The van der Waals surface area contributed by atoms with Gasteiger partial charge in [0.25, 0.3) is 5.56 Å². The van der Waals surface area contributed by atoms with Crippen molar-refractivity contribution in [1.82, 2.24) is 24.2 Å². The number of halogens is 2. The number of hydrogen-bond donors (Lipinski definition) is 0. The number of thiophene rings is 1. The van der Waals surface area contributed by atoms with Gasteiger partial charge in [0.15, 0.2) is 0 Å². The van der Waals surface area contributed by atoms with Gasteiger partial charge in [-0.1, -0.05) is 36.4 Å². The lowest BCUT2D eigenvalue weighted by Gasteiger charge is -2.19. The summed E-state index contributed by atoms with van der Waals surface area (Å²) in [6.45, 7) is -2.44. The molecule has 32 heavy (non-hydrogen) atoms. The number of rotatable bonds is 6. The topological polar surface area (TPSA) is 56.0 Å². The molecule has 5 aromatic rings. The van der Waals surface area contributed by atoms with Crippen molar-refractivity contribution in [3.63, 3.8) is 0 Å². The Hall–Kier alpha value is -3.43. The monoisotopic (exact) mass is 451 g/mol. The summed E-state index contributed by atoms with van der Waals surface area (Å²) in [4.78, 5) is 20.2. The predicted molar refractivity (Wildman–Crippen MR) is 122 cm³/mol. The highest BCUT2D eigenvalue weighted by Crippen LogP contribution is 2.28. The van der Waals surface area contributed by atoms with E-state index in [1.807, 2.05) is 35.7 Å². The second kappa shape index (κ2) is 8.25. The summed E-state index contributed by atoms with van der Waals surface area (Å²) in [5, 5.41) is 7.94. The summed E-state index contributed by atoms with van der Waals surface area (Å²) >= 11 is 1.55. The van der Waals surface area contributed by atoms with Crippen LogP contribution in [-0.4, -0.2) is 31.3 Å². The molecular formula is C23H19F2N5OS. The summed E-state index contributed by atoms with van der Waals surface area (Å²) in [7, 11) is 1.75. The van der Waals surface area contributed by atoms with Gasteiger partial charge in [0.05, 0.1) is 34.5 Å². The molecule has 0 fully saturated rings. The van der Waals surface area contributed by atoms with Crippen LogP contribution < -0.4 is 5.56 Å². The highest BCUT2D eigenvalue weighted by Gasteiger charge is 2.19. The van der Waals surface area contributed by atoms with Gasteiger partial charge in [-0.05, 0) is 36.7 Å². The number of alkyl halides is 2. The van der Waals surface area contributed by atoms with Crippen LogP contribution >= 0.6 is 11.3 Å². The second-order valence-corrected chi connectivity index (χ2v) is 8.44. The highest BCUT2D eigenvalue weighted by atomic mass is 32.1. The summed E-state index contributed by atoms with van der Waals surface area (Å²) in [6.07, 6.45) is 0. The van der Waals surface area contributed by atoms with Crippen molar-refractivity contribution in [3.8, 4) is 10.6 Å². The third-order valence-corrected chi connectivity index (χ3v) is 6.15. The minimum Gasteiger partial charge on any atom is -0.280 e. The number of nitrogens with zero attached hydrogens (tertiary/aromatic N) is 5. The molecule has 3 heterocycles. The molecule has 9 heteroatoms. The van der Waals surface area contributed by atoms with Crippen molar-refractivity contribution in [1.29, 1.82) is 0 Å². The van der Waals surface area contributed by atoms with E-state index in [1.54, 1.807) is 53.6 Å². The summed E-state index contributed by atoms with van der Waals surface area (Å²) in [6, 6.07) is 18.1. The molecule has 0 unspecified atom stereocenters. The van der Waals surface area contributed by atoms with Crippen LogP contribution in [0.15, 0.2) is 70.8 Å².